The SMILES string of the molecule is Cc1cscc1CNS(=O)(=O)c1c(C)cc(NN)cc1C. The van der Waals surface area contributed by atoms with E-state index in [1.54, 1.807) is 37.3 Å². The lowest BCUT2D eigenvalue weighted by Crippen LogP contribution is -2.25. The number of hydrazine groups is 1. The molecule has 0 atom stereocenters. The molecule has 7 heteroatoms. The first-order valence-corrected chi connectivity index (χ1v) is 8.87. The molecule has 2 aromatic rings. The lowest BCUT2D eigenvalue weighted by molar-refractivity contribution is 0.580. The average Bonchev–Trinajstić information content (AvgIpc) is 2.80. The molecule has 2 rings (SSSR count). The highest BCUT2D eigenvalue weighted by atomic mass is 32.2. The van der Waals surface area contributed by atoms with Gasteiger partial charge in [0.05, 0.1) is 4.90 Å². The lowest BCUT2D eigenvalue weighted by Gasteiger charge is -2.14. The third-order valence-electron chi connectivity index (χ3n) is 3.31. The number of nitrogen functional groups attached to an aromatic ring is 1. The highest BCUT2D eigenvalue weighted by molar-refractivity contribution is 7.89. The number of anilines is 1. The Morgan fingerprint density at radius 1 is 1.10 bits per heavy atom. The number of sulfonamides is 1. The maximum absolute atomic E-state index is 12.5. The summed E-state index contributed by atoms with van der Waals surface area (Å²) in [6.45, 7) is 5.79. The van der Waals surface area contributed by atoms with Gasteiger partial charge in [-0.25, -0.2) is 13.1 Å². The maximum atomic E-state index is 12.5. The van der Waals surface area contributed by atoms with Gasteiger partial charge in [0.1, 0.15) is 0 Å². The Labute approximate surface area is 129 Å². The van der Waals surface area contributed by atoms with Crippen molar-refractivity contribution in [2.24, 2.45) is 5.84 Å². The first kappa shape index (κ1) is 16.0. The van der Waals surface area contributed by atoms with E-state index in [2.05, 4.69) is 10.1 Å². The van der Waals surface area contributed by atoms with Crippen molar-refractivity contribution in [2.75, 3.05) is 5.43 Å². The largest absolute Gasteiger partial charge is 0.324 e. The van der Waals surface area contributed by atoms with Crippen molar-refractivity contribution in [1.82, 2.24) is 4.72 Å². The summed E-state index contributed by atoms with van der Waals surface area (Å²) < 4.78 is 27.7. The van der Waals surface area contributed by atoms with Crippen LogP contribution in [0.1, 0.15) is 22.3 Å². The van der Waals surface area contributed by atoms with Gasteiger partial charge in [0.2, 0.25) is 10.0 Å². The van der Waals surface area contributed by atoms with E-state index in [-0.39, 0.29) is 0 Å². The normalized spacial score (nSPS) is 11.6. The van der Waals surface area contributed by atoms with E-state index in [9.17, 15) is 8.42 Å². The molecule has 0 aliphatic carbocycles. The molecule has 0 radical (unpaired) electrons. The zero-order valence-corrected chi connectivity index (χ0v) is 13.9. The number of hydrogen-bond donors (Lipinski definition) is 3. The number of benzene rings is 1. The van der Waals surface area contributed by atoms with Crippen molar-refractivity contribution in [1.29, 1.82) is 0 Å². The van der Waals surface area contributed by atoms with E-state index in [4.69, 9.17) is 5.84 Å². The van der Waals surface area contributed by atoms with Gasteiger partial charge in [-0.3, -0.25) is 5.84 Å². The minimum absolute atomic E-state index is 0.299. The average molecular weight is 325 g/mol. The van der Waals surface area contributed by atoms with Gasteiger partial charge >= 0.3 is 0 Å². The minimum atomic E-state index is -3.55. The van der Waals surface area contributed by atoms with Crippen LogP contribution >= 0.6 is 11.3 Å². The van der Waals surface area contributed by atoms with Crippen molar-refractivity contribution in [3.8, 4) is 0 Å². The fraction of sp³-hybridized carbons (Fsp3) is 0.286. The molecule has 1 heterocycles. The molecule has 1 aromatic carbocycles. The Morgan fingerprint density at radius 3 is 2.19 bits per heavy atom. The van der Waals surface area contributed by atoms with Gasteiger partial charge in [0.25, 0.3) is 0 Å². The zero-order valence-electron chi connectivity index (χ0n) is 12.2. The number of aryl methyl sites for hydroxylation is 3. The number of rotatable bonds is 5. The summed E-state index contributed by atoms with van der Waals surface area (Å²) in [7, 11) is -3.55. The molecule has 0 aliphatic heterocycles. The molecule has 0 saturated heterocycles. The fourth-order valence-electron chi connectivity index (χ4n) is 2.27. The van der Waals surface area contributed by atoms with E-state index in [1.807, 2.05) is 17.7 Å². The maximum Gasteiger partial charge on any atom is 0.241 e. The van der Waals surface area contributed by atoms with Crippen LogP contribution in [0, 0.1) is 20.8 Å². The van der Waals surface area contributed by atoms with Crippen LogP contribution in [0.3, 0.4) is 0 Å². The molecule has 0 saturated carbocycles. The van der Waals surface area contributed by atoms with Crippen LogP contribution in [0.25, 0.3) is 0 Å². The third kappa shape index (κ3) is 3.44. The van der Waals surface area contributed by atoms with Crippen LogP contribution in [0.5, 0.6) is 0 Å². The molecule has 114 valence electrons. The van der Waals surface area contributed by atoms with Gasteiger partial charge in [0.15, 0.2) is 0 Å². The van der Waals surface area contributed by atoms with E-state index < -0.39 is 10.0 Å². The van der Waals surface area contributed by atoms with Crippen molar-refractivity contribution in [3.05, 3.63) is 45.1 Å². The summed E-state index contributed by atoms with van der Waals surface area (Å²) in [4.78, 5) is 0.314. The Kier molecular flexibility index (Phi) is 4.67. The highest BCUT2D eigenvalue weighted by Crippen LogP contribution is 2.24. The number of hydrogen-bond acceptors (Lipinski definition) is 5. The van der Waals surface area contributed by atoms with Crippen LogP contribution < -0.4 is 16.0 Å². The minimum Gasteiger partial charge on any atom is -0.324 e. The molecular weight excluding hydrogens is 306 g/mol. The molecule has 1 aromatic heterocycles. The molecular formula is C14H19N3O2S2. The van der Waals surface area contributed by atoms with Crippen LogP contribution in [0.4, 0.5) is 5.69 Å². The second-order valence-corrected chi connectivity index (χ2v) is 7.44. The Hall–Kier alpha value is -1.41. The van der Waals surface area contributed by atoms with Crippen molar-refractivity contribution < 1.29 is 8.42 Å². The van der Waals surface area contributed by atoms with Crippen LogP contribution in [0.15, 0.2) is 27.8 Å². The van der Waals surface area contributed by atoms with Gasteiger partial charge in [-0.05, 0) is 65.9 Å². The Balaban J connectivity index is 2.30. The third-order valence-corrected chi connectivity index (χ3v) is 5.93. The predicted molar refractivity (Wildman–Crippen MR) is 86.8 cm³/mol. The summed E-state index contributed by atoms with van der Waals surface area (Å²) in [6.07, 6.45) is 0. The van der Waals surface area contributed by atoms with Crippen LogP contribution in [-0.2, 0) is 16.6 Å². The number of nitrogens with two attached hydrogens (primary N) is 1. The van der Waals surface area contributed by atoms with Crippen LogP contribution in [-0.4, -0.2) is 8.42 Å². The highest BCUT2D eigenvalue weighted by Gasteiger charge is 2.20. The van der Waals surface area contributed by atoms with Gasteiger partial charge in [-0.2, -0.15) is 11.3 Å². The van der Waals surface area contributed by atoms with Crippen molar-refractivity contribution in [3.63, 3.8) is 0 Å². The topological polar surface area (TPSA) is 84.2 Å². The molecule has 0 unspecified atom stereocenters. The van der Waals surface area contributed by atoms with Crippen LogP contribution in [0.2, 0.25) is 0 Å². The molecule has 21 heavy (non-hydrogen) atoms. The van der Waals surface area contributed by atoms with Gasteiger partial charge in [0, 0.05) is 12.2 Å². The molecule has 0 aliphatic rings. The molecule has 4 N–H and O–H groups in total. The fourth-order valence-corrected chi connectivity index (χ4v) is 4.58. The van der Waals surface area contributed by atoms with E-state index in [0.717, 1.165) is 11.1 Å². The first-order valence-electron chi connectivity index (χ1n) is 6.44. The van der Waals surface area contributed by atoms with Crippen molar-refractivity contribution >= 4 is 27.0 Å². The van der Waals surface area contributed by atoms with Gasteiger partial charge in [-0.1, -0.05) is 0 Å². The molecule has 0 spiro atoms. The molecule has 0 fully saturated rings. The second-order valence-electron chi connectivity index (χ2n) is 4.99. The number of thiophene rings is 1. The first-order chi connectivity index (χ1) is 9.85. The summed E-state index contributed by atoms with van der Waals surface area (Å²) in [5.41, 5.74) is 6.65. The Bertz CT molecular complexity index is 728. The summed E-state index contributed by atoms with van der Waals surface area (Å²) in [5.74, 6) is 5.37. The van der Waals surface area contributed by atoms with Crippen molar-refractivity contribution in [2.45, 2.75) is 32.2 Å². The molecule has 0 amide bonds. The standard InChI is InChI=1S/C14H19N3O2S2/c1-9-4-13(17-15)5-10(2)14(9)21(18,19)16-6-12-8-20-7-11(12)3/h4-5,7-8,16-17H,6,15H2,1-3H3. The monoisotopic (exact) mass is 325 g/mol. The number of nitrogens with one attached hydrogen (secondary N) is 2. The summed E-state index contributed by atoms with van der Waals surface area (Å²) in [5, 5.41) is 3.96. The summed E-state index contributed by atoms with van der Waals surface area (Å²) in [6, 6.07) is 3.44. The smallest absolute Gasteiger partial charge is 0.241 e. The lowest BCUT2D eigenvalue weighted by atomic mass is 10.1. The van der Waals surface area contributed by atoms with E-state index in [0.29, 0.717) is 28.3 Å². The van der Waals surface area contributed by atoms with E-state index >= 15 is 0 Å². The van der Waals surface area contributed by atoms with Gasteiger partial charge < -0.3 is 5.43 Å². The van der Waals surface area contributed by atoms with Gasteiger partial charge in [-0.15, -0.1) is 0 Å². The predicted octanol–water partition coefficient (Wildman–Crippen LogP) is 2.44. The molecule has 0 bridgehead atoms. The quantitative estimate of drug-likeness (QED) is 0.582. The second kappa shape index (κ2) is 6.15. The Morgan fingerprint density at radius 2 is 1.71 bits per heavy atom. The van der Waals surface area contributed by atoms with E-state index in [1.165, 1.54) is 0 Å². The molecule has 5 nitrogen and oxygen atoms in total. The zero-order chi connectivity index (χ0) is 15.6. The summed E-state index contributed by atoms with van der Waals surface area (Å²) >= 11 is 1.57.